The molecule has 178 valence electrons. The molecule has 4 fully saturated rings. The molecule has 3 bridgehead atoms. The van der Waals surface area contributed by atoms with Crippen LogP contribution < -0.4 is 10.1 Å². The molecular formula is C28H31FN2O3. The van der Waals surface area contributed by atoms with Crippen molar-refractivity contribution in [2.75, 3.05) is 13.2 Å². The SMILES string of the molecule is O[C@H](CNC1CC2CC3CC1CC31CC1C2)COc1ccc(-c2noc3cc(F)ccc23)cc1. The fraction of sp³-hybridized carbons (Fsp3) is 0.536. The van der Waals surface area contributed by atoms with Crippen LogP contribution in [0.2, 0.25) is 0 Å². The summed E-state index contributed by atoms with van der Waals surface area (Å²) in [7, 11) is 0. The van der Waals surface area contributed by atoms with Crippen LogP contribution in [0.5, 0.6) is 5.75 Å². The van der Waals surface area contributed by atoms with Gasteiger partial charge in [0.1, 0.15) is 30.0 Å². The Labute approximate surface area is 198 Å². The van der Waals surface area contributed by atoms with E-state index in [1.807, 2.05) is 24.3 Å². The molecule has 4 aliphatic carbocycles. The number of ether oxygens (including phenoxy) is 1. The Hall–Kier alpha value is -2.44. The second-order valence-corrected chi connectivity index (χ2v) is 11.3. The first-order valence-electron chi connectivity index (χ1n) is 12.8. The van der Waals surface area contributed by atoms with Gasteiger partial charge in [-0.2, -0.15) is 0 Å². The quantitative estimate of drug-likeness (QED) is 0.507. The lowest BCUT2D eigenvalue weighted by Gasteiger charge is -2.35. The Balaban J connectivity index is 0.938. The lowest BCUT2D eigenvalue weighted by Crippen LogP contribution is -2.43. The average molecular weight is 463 g/mol. The van der Waals surface area contributed by atoms with Gasteiger partial charge in [-0.05, 0) is 104 Å². The van der Waals surface area contributed by atoms with Crippen LogP contribution in [0.3, 0.4) is 0 Å². The Morgan fingerprint density at radius 3 is 2.82 bits per heavy atom. The predicted octanol–water partition coefficient (Wildman–Crippen LogP) is 5.18. The van der Waals surface area contributed by atoms with E-state index in [9.17, 15) is 9.50 Å². The van der Waals surface area contributed by atoms with Gasteiger partial charge < -0.3 is 19.7 Å². The molecule has 3 aromatic rings. The van der Waals surface area contributed by atoms with E-state index in [2.05, 4.69) is 10.5 Å². The molecule has 6 heteroatoms. The minimum atomic E-state index is -0.543. The highest BCUT2D eigenvalue weighted by molar-refractivity contribution is 5.91. The molecule has 1 aromatic heterocycles. The number of hydrogen-bond acceptors (Lipinski definition) is 5. The number of nitrogens with one attached hydrogen (secondary N) is 1. The van der Waals surface area contributed by atoms with Crippen LogP contribution in [0.1, 0.15) is 38.5 Å². The zero-order chi connectivity index (χ0) is 22.9. The molecule has 0 saturated heterocycles. The number of aliphatic hydroxyl groups excluding tert-OH is 1. The third-order valence-electron chi connectivity index (χ3n) is 9.33. The molecule has 0 radical (unpaired) electrons. The Kier molecular flexibility index (Phi) is 4.78. The summed E-state index contributed by atoms with van der Waals surface area (Å²) in [5.74, 6) is 4.07. The van der Waals surface area contributed by atoms with Gasteiger partial charge in [0.15, 0.2) is 5.58 Å². The lowest BCUT2D eigenvalue weighted by atomic mass is 9.72. The maximum Gasteiger partial charge on any atom is 0.170 e. The van der Waals surface area contributed by atoms with Crippen molar-refractivity contribution in [2.45, 2.75) is 50.7 Å². The molecular weight excluding hydrogens is 431 g/mol. The van der Waals surface area contributed by atoms with Gasteiger partial charge >= 0.3 is 0 Å². The van der Waals surface area contributed by atoms with Crippen molar-refractivity contribution in [3.63, 3.8) is 0 Å². The van der Waals surface area contributed by atoms with Crippen LogP contribution in [0.25, 0.3) is 22.2 Å². The van der Waals surface area contributed by atoms with Gasteiger partial charge in [0.25, 0.3) is 0 Å². The summed E-state index contributed by atoms with van der Waals surface area (Å²) in [6, 6.07) is 12.5. The monoisotopic (exact) mass is 462 g/mol. The van der Waals surface area contributed by atoms with E-state index in [1.54, 1.807) is 6.07 Å². The number of fused-ring (bicyclic) bond motifs is 3. The standard InChI is InChI=1S/C28H31FN2O3/c29-21-3-6-24-26(11-21)34-31-27(24)17-1-4-23(5-2-17)33-15-22(32)14-30-25-9-16-7-19-10-18(25)12-28(19)13-20(28)8-16/h1-6,11,16,18-20,22,25,30,32H,7-10,12-15H2/t16?,18?,19?,20?,22-,25?,28?/m1/s1. The van der Waals surface area contributed by atoms with E-state index < -0.39 is 6.10 Å². The van der Waals surface area contributed by atoms with Crippen molar-refractivity contribution in [1.82, 2.24) is 10.5 Å². The summed E-state index contributed by atoms with van der Waals surface area (Å²) >= 11 is 0. The van der Waals surface area contributed by atoms with Gasteiger partial charge in [0.05, 0.1) is 0 Å². The summed E-state index contributed by atoms with van der Waals surface area (Å²) in [6.45, 7) is 0.836. The number of halogens is 1. The molecule has 1 heterocycles. The predicted molar refractivity (Wildman–Crippen MR) is 127 cm³/mol. The Morgan fingerprint density at radius 2 is 1.94 bits per heavy atom. The van der Waals surface area contributed by atoms with Crippen LogP contribution in [0.4, 0.5) is 4.39 Å². The molecule has 4 aliphatic rings. The van der Waals surface area contributed by atoms with Gasteiger partial charge in [-0.25, -0.2) is 4.39 Å². The molecule has 2 aromatic carbocycles. The van der Waals surface area contributed by atoms with E-state index in [4.69, 9.17) is 9.26 Å². The largest absolute Gasteiger partial charge is 0.491 e. The first kappa shape index (κ1) is 20.9. The zero-order valence-electron chi connectivity index (χ0n) is 19.3. The number of aliphatic hydroxyl groups is 1. The minimum Gasteiger partial charge on any atom is -0.491 e. The van der Waals surface area contributed by atoms with Crippen LogP contribution in [0, 0.1) is 34.9 Å². The normalized spacial score (nSPS) is 34.1. The van der Waals surface area contributed by atoms with Gasteiger partial charge in [0.2, 0.25) is 0 Å². The van der Waals surface area contributed by atoms with Crippen molar-refractivity contribution in [2.24, 2.45) is 29.1 Å². The van der Waals surface area contributed by atoms with E-state index >= 15 is 0 Å². The first-order valence-corrected chi connectivity index (χ1v) is 12.8. The smallest absolute Gasteiger partial charge is 0.170 e. The summed E-state index contributed by atoms with van der Waals surface area (Å²) in [6.07, 6.45) is 7.96. The van der Waals surface area contributed by atoms with Crippen molar-refractivity contribution < 1.29 is 18.8 Å². The average Bonchev–Trinajstić information content (AvgIpc) is 3.23. The molecule has 1 spiro atoms. The highest BCUT2D eigenvalue weighted by Crippen LogP contribution is 2.74. The van der Waals surface area contributed by atoms with E-state index in [0.717, 1.165) is 40.0 Å². The van der Waals surface area contributed by atoms with E-state index in [0.29, 0.717) is 29.6 Å². The van der Waals surface area contributed by atoms with E-state index in [1.165, 1.54) is 50.7 Å². The molecule has 2 N–H and O–H groups in total. The molecule has 4 saturated carbocycles. The van der Waals surface area contributed by atoms with Crippen molar-refractivity contribution in [1.29, 1.82) is 0 Å². The molecule has 5 nitrogen and oxygen atoms in total. The van der Waals surface area contributed by atoms with Crippen LogP contribution in [0.15, 0.2) is 47.0 Å². The Morgan fingerprint density at radius 1 is 1.09 bits per heavy atom. The second-order valence-electron chi connectivity index (χ2n) is 11.3. The topological polar surface area (TPSA) is 67.5 Å². The summed E-state index contributed by atoms with van der Waals surface area (Å²) in [5, 5.41) is 19.2. The summed E-state index contributed by atoms with van der Waals surface area (Å²) < 4.78 is 24.5. The lowest BCUT2D eigenvalue weighted by molar-refractivity contribution is 0.0961. The highest BCUT2D eigenvalue weighted by Gasteiger charge is 2.67. The molecule has 0 amide bonds. The maximum absolute atomic E-state index is 13.4. The fourth-order valence-electron chi connectivity index (χ4n) is 7.71. The van der Waals surface area contributed by atoms with Crippen LogP contribution >= 0.6 is 0 Å². The molecule has 0 aliphatic heterocycles. The van der Waals surface area contributed by atoms with Gasteiger partial charge in [0, 0.05) is 29.6 Å². The van der Waals surface area contributed by atoms with Crippen molar-refractivity contribution in [3.8, 4) is 17.0 Å². The summed E-state index contributed by atoms with van der Waals surface area (Å²) in [5.41, 5.74) is 2.70. The number of nitrogens with zero attached hydrogens (tertiary/aromatic N) is 1. The molecule has 34 heavy (non-hydrogen) atoms. The van der Waals surface area contributed by atoms with Crippen LogP contribution in [-0.4, -0.2) is 35.6 Å². The van der Waals surface area contributed by atoms with Gasteiger partial charge in [-0.15, -0.1) is 0 Å². The molecule has 7 atom stereocenters. The maximum atomic E-state index is 13.4. The third-order valence-corrected chi connectivity index (χ3v) is 9.33. The second kappa shape index (κ2) is 7.79. The fourth-order valence-corrected chi connectivity index (χ4v) is 7.71. The third kappa shape index (κ3) is 3.45. The minimum absolute atomic E-state index is 0.258. The van der Waals surface area contributed by atoms with Gasteiger partial charge in [-0.1, -0.05) is 5.16 Å². The van der Waals surface area contributed by atoms with Crippen LogP contribution in [-0.2, 0) is 0 Å². The van der Waals surface area contributed by atoms with Gasteiger partial charge in [-0.3, -0.25) is 0 Å². The highest BCUT2D eigenvalue weighted by atomic mass is 19.1. The number of benzene rings is 2. The zero-order valence-corrected chi connectivity index (χ0v) is 19.3. The number of hydrogen-bond donors (Lipinski definition) is 2. The van der Waals surface area contributed by atoms with E-state index in [-0.39, 0.29) is 12.4 Å². The Bertz CT molecular complexity index is 1210. The summed E-state index contributed by atoms with van der Waals surface area (Å²) in [4.78, 5) is 0. The number of rotatable bonds is 7. The number of aromatic nitrogens is 1. The first-order chi connectivity index (χ1) is 16.6. The van der Waals surface area contributed by atoms with Crippen molar-refractivity contribution in [3.05, 3.63) is 48.3 Å². The molecule has 7 rings (SSSR count). The molecule has 6 unspecified atom stereocenters. The van der Waals surface area contributed by atoms with Crippen molar-refractivity contribution >= 4 is 11.0 Å².